The monoisotopic (exact) mass is 581 g/mol. The molecule has 0 aliphatic rings. The van der Waals surface area contributed by atoms with Crippen molar-refractivity contribution in [2.75, 3.05) is 0 Å². The molecule has 0 aliphatic heterocycles. The molecular weight excluding hydrogens is 559 g/mol. The van der Waals surface area contributed by atoms with Crippen LogP contribution in [-0.4, -0.2) is 23.3 Å². The molecule has 0 saturated heterocycles. The third-order valence-corrected chi connectivity index (χ3v) is 8.80. The van der Waals surface area contributed by atoms with Crippen LogP contribution in [0.1, 0.15) is 0 Å². The molecule has 0 saturated carbocycles. The van der Waals surface area contributed by atoms with Crippen LogP contribution in [0.15, 0.2) is 140 Å². The van der Waals surface area contributed by atoms with E-state index in [1.54, 1.807) is 0 Å². The number of fused-ring (bicyclic) bond motifs is 6. The molecule has 0 aliphatic carbocycles. The predicted octanol–water partition coefficient (Wildman–Crippen LogP) is 9.73. The maximum atomic E-state index is 5.16. The molecule has 0 bridgehead atoms. The lowest BCUT2D eigenvalue weighted by Crippen LogP contribution is -1.97. The van der Waals surface area contributed by atoms with Crippen molar-refractivity contribution in [3.63, 3.8) is 0 Å². The smallest absolute Gasteiger partial charge is 0.145 e. The molecule has 44 heavy (non-hydrogen) atoms. The minimum absolute atomic E-state index is 0.905. The van der Waals surface area contributed by atoms with Gasteiger partial charge < -0.3 is 0 Å². The number of benzene rings is 6. The van der Waals surface area contributed by atoms with Crippen molar-refractivity contribution in [3.8, 4) is 39.5 Å². The fourth-order valence-corrected chi connectivity index (χ4v) is 6.82. The van der Waals surface area contributed by atoms with E-state index in [0.717, 1.165) is 83.2 Å². The van der Waals surface area contributed by atoms with E-state index in [0.29, 0.717) is 0 Å². The highest BCUT2D eigenvalue weighted by Gasteiger charge is 2.20. The van der Waals surface area contributed by atoms with Gasteiger partial charge in [0.05, 0.1) is 34.0 Å². The van der Waals surface area contributed by atoms with Crippen LogP contribution in [-0.2, 0) is 0 Å². The van der Waals surface area contributed by atoms with Crippen LogP contribution in [0.5, 0.6) is 0 Å². The summed E-state index contributed by atoms with van der Waals surface area (Å²) in [6.07, 6.45) is 0. The van der Waals surface area contributed by atoms with E-state index in [4.69, 9.17) is 18.7 Å². The standard InChI is InChI=1S/C38H23N5S/c1-3-11-25(12-4-1)35-30-23-29(36-37(42-44-41-36)34(30)28-15-7-8-16-31(28)39-35)24-19-21-26(22-20-24)38-40-32-17-9-10-18-33(32)43(38)27-13-5-2-6-14-27/h1-23H. The summed E-state index contributed by atoms with van der Waals surface area (Å²) in [7, 11) is 0. The number of hydrogen-bond acceptors (Lipinski definition) is 5. The van der Waals surface area contributed by atoms with E-state index >= 15 is 0 Å². The molecule has 0 fully saturated rings. The highest BCUT2D eigenvalue weighted by atomic mass is 32.1. The van der Waals surface area contributed by atoms with Crippen molar-refractivity contribution in [3.05, 3.63) is 140 Å². The average Bonchev–Trinajstić information content (AvgIpc) is 3.74. The Kier molecular flexibility index (Phi) is 5.61. The summed E-state index contributed by atoms with van der Waals surface area (Å²) in [6.45, 7) is 0. The zero-order valence-electron chi connectivity index (χ0n) is 23.4. The van der Waals surface area contributed by atoms with E-state index < -0.39 is 0 Å². The fraction of sp³-hybridized carbons (Fsp3) is 0. The molecule has 0 amide bonds. The minimum Gasteiger partial charge on any atom is -0.292 e. The van der Waals surface area contributed by atoms with Gasteiger partial charge in [0.25, 0.3) is 0 Å². The van der Waals surface area contributed by atoms with Crippen LogP contribution in [0.25, 0.3) is 83.2 Å². The Morgan fingerprint density at radius 3 is 1.98 bits per heavy atom. The second kappa shape index (κ2) is 9.93. The van der Waals surface area contributed by atoms with Gasteiger partial charge in [-0.3, -0.25) is 4.57 Å². The molecule has 5 nitrogen and oxygen atoms in total. The van der Waals surface area contributed by atoms with Crippen LogP contribution < -0.4 is 0 Å². The van der Waals surface area contributed by atoms with Gasteiger partial charge in [-0.2, -0.15) is 8.75 Å². The van der Waals surface area contributed by atoms with Gasteiger partial charge in [0.15, 0.2) is 0 Å². The first kappa shape index (κ1) is 24.8. The Morgan fingerprint density at radius 1 is 0.500 bits per heavy atom. The number of hydrogen-bond donors (Lipinski definition) is 0. The number of aromatic nitrogens is 5. The average molecular weight is 582 g/mol. The maximum Gasteiger partial charge on any atom is 0.145 e. The molecule has 9 rings (SSSR count). The molecule has 206 valence electrons. The van der Waals surface area contributed by atoms with Gasteiger partial charge >= 0.3 is 0 Å². The predicted molar refractivity (Wildman–Crippen MR) is 181 cm³/mol. The number of rotatable bonds is 4. The quantitative estimate of drug-likeness (QED) is 0.194. The minimum atomic E-state index is 0.905. The molecule has 0 unspecified atom stereocenters. The lowest BCUT2D eigenvalue weighted by atomic mass is 9.94. The van der Waals surface area contributed by atoms with E-state index in [9.17, 15) is 0 Å². The summed E-state index contributed by atoms with van der Waals surface area (Å²) >= 11 is 1.26. The Morgan fingerprint density at radius 2 is 1.16 bits per heavy atom. The van der Waals surface area contributed by atoms with Gasteiger partial charge in [-0.1, -0.05) is 103 Å². The van der Waals surface area contributed by atoms with Gasteiger partial charge in [-0.25, -0.2) is 9.97 Å². The van der Waals surface area contributed by atoms with Gasteiger partial charge in [0, 0.05) is 38.5 Å². The van der Waals surface area contributed by atoms with Crippen molar-refractivity contribution in [2.45, 2.75) is 0 Å². The molecule has 3 aromatic heterocycles. The number of imidazole rings is 1. The van der Waals surface area contributed by atoms with Gasteiger partial charge in [-0.15, -0.1) is 0 Å². The van der Waals surface area contributed by atoms with E-state index in [1.165, 1.54) is 11.7 Å². The third kappa shape index (κ3) is 3.85. The number of pyridine rings is 1. The fourth-order valence-electron chi connectivity index (χ4n) is 6.26. The SMILES string of the molecule is c1ccc(-c2nc3ccccc3c3c2cc(-c2ccc(-c4nc5ccccc5n4-c4ccccc4)cc2)c2nsnc23)cc1. The summed E-state index contributed by atoms with van der Waals surface area (Å²) in [5.74, 6) is 0.907. The number of para-hydroxylation sites is 4. The van der Waals surface area contributed by atoms with Crippen LogP contribution in [0.4, 0.5) is 0 Å². The van der Waals surface area contributed by atoms with Crippen LogP contribution >= 0.6 is 11.7 Å². The largest absolute Gasteiger partial charge is 0.292 e. The zero-order chi connectivity index (χ0) is 29.0. The third-order valence-electron chi connectivity index (χ3n) is 8.28. The number of nitrogens with zero attached hydrogens (tertiary/aromatic N) is 5. The second-order valence-corrected chi connectivity index (χ2v) is 11.4. The van der Waals surface area contributed by atoms with E-state index in [1.807, 2.05) is 24.3 Å². The van der Waals surface area contributed by atoms with E-state index in [2.05, 4.69) is 120 Å². The summed E-state index contributed by atoms with van der Waals surface area (Å²) in [6, 6.07) is 48.3. The zero-order valence-corrected chi connectivity index (χ0v) is 24.2. The van der Waals surface area contributed by atoms with E-state index in [-0.39, 0.29) is 0 Å². The normalized spacial score (nSPS) is 11.6. The highest BCUT2D eigenvalue weighted by Crippen LogP contribution is 2.41. The van der Waals surface area contributed by atoms with Crippen LogP contribution in [0.2, 0.25) is 0 Å². The first-order valence-corrected chi connectivity index (χ1v) is 15.2. The van der Waals surface area contributed by atoms with Gasteiger partial charge in [0.1, 0.15) is 16.9 Å². The Hall–Kier alpha value is -5.72. The van der Waals surface area contributed by atoms with Crippen LogP contribution in [0, 0.1) is 0 Å². The molecule has 0 N–H and O–H groups in total. The highest BCUT2D eigenvalue weighted by molar-refractivity contribution is 7.00. The maximum absolute atomic E-state index is 5.16. The molecular formula is C38H23N5S. The Labute approximate surface area is 257 Å². The van der Waals surface area contributed by atoms with Crippen molar-refractivity contribution in [1.29, 1.82) is 0 Å². The molecule has 3 heterocycles. The molecule has 9 aromatic rings. The van der Waals surface area contributed by atoms with Crippen LogP contribution in [0.3, 0.4) is 0 Å². The second-order valence-electron chi connectivity index (χ2n) is 10.8. The summed E-state index contributed by atoms with van der Waals surface area (Å²) in [5, 5.41) is 3.25. The Bertz CT molecular complexity index is 2480. The van der Waals surface area contributed by atoms with Gasteiger partial charge in [0.2, 0.25) is 0 Å². The lowest BCUT2D eigenvalue weighted by Gasteiger charge is -2.13. The van der Waals surface area contributed by atoms with Crippen molar-refractivity contribution >= 4 is 55.5 Å². The van der Waals surface area contributed by atoms with Crippen molar-refractivity contribution in [1.82, 2.24) is 23.3 Å². The molecule has 0 spiro atoms. The molecule has 0 radical (unpaired) electrons. The summed E-state index contributed by atoms with van der Waals surface area (Å²) in [4.78, 5) is 10.2. The Balaban J connectivity index is 1.26. The molecule has 6 aromatic carbocycles. The summed E-state index contributed by atoms with van der Waals surface area (Å²) < 4.78 is 11.9. The lowest BCUT2D eigenvalue weighted by molar-refractivity contribution is 1.10. The topological polar surface area (TPSA) is 56.5 Å². The molecule has 0 atom stereocenters. The van der Waals surface area contributed by atoms with Crippen molar-refractivity contribution in [2.24, 2.45) is 0 Å². The molecule has 6 heteroatoms. The first-order valence-electron chi connectivity index (χ1n) is 14.5. The van der Waals surface area contributed by atoms with Gasteiger partial charge in [-0.05, 0) is 42.0 Å². The first-order chi connectivity index (χ1) is 21.8. The summed E-state index contributed by atoms with van der Waals surface area (Å²) in [5.41, 5.74) is 11.1. The van der Waals surface area contributed by atoms with Crippen molar-refractivity contribution < 1.29 is 0 Å².